The van der Waals surface area contributed by atoms with Gasteiger partial charge in [0.05, 0.1) is 9.77 Å². The van der Waals surface area contributed by atoms with Crippen LogP contribution in [0.4, 0.5) is 0 Å². The lowest BCUT2D eigenvalue weighted by Crippen LogP contribution is -2.40. The Kier molecular flexibility index (Phi) is 4.46. The number of amides is 1. The first-order valence-electron chi connectivity index (χ1n) is 7.03. The quantitative estimate of drug-likeness (QED) is 0.892. The van der Waals surface area contributed by atoms with Crippen molar-refractivity contribution in [2.24, 2.45) is 10.6 Å². The monoisotopic (exact) mass is 330 g/mol. The summed E-state index contributed by atoms with van der Waals surface area (Å²) in [6.45, 7) is 6.07. The highest BCUT2D eigenvalue weighted by Crippen LogP contribution is 2.35. The Morgan fingerprint density at radius 1 is 1.48 bits per heavy atom. The van der Waals surface area contributed by atoms with E-state index in [2.05, 4.69) is 19.2 Å². The van der Waals surface area contributed by atoms with E-state index in [1.165, 1.54) is 23.8 Å². The second kappa shape index (κ2) is 5.70. The zero-order valence-electron chi connectivity index (χ0n) is 12.6. The maximum atomic E-state index is 12.3. The molecule has 1 heterocycles. The lowest BCUT2D eigenvalue weighted by molar-refractivity contribution is 0.0906. The first kappa shape index (κ1) is 16.5. The van der Waals surface area contributed by atoms with Crippen LogP contribution in [-0.4, -0.2) is 20.4 Å². The van der Waals surface area contributed by atoms with Gasteiger partial charge in [0.1, 0.15) is 0 Å². The molecule has 0 bridgehead atoms. The van der Waals surface area contributed by atoms with Crippen LogP contribution < -0.4 is 10.5 Å². The van der Waals surface area contributed by atoms with Gasteiger partial charge in [-0.05, 0) is 37.7 Å². The van der Waals surface area contributed by atoms with Gasteiger partial charge in [-0.2, -0.15) is 0 Å². The van der Waals surface area contributed by atoms with Crippen molar-refractivity contribution < 1.29 is 13.2 Å². The predicted octanol–water partition coefficient (Wildman–Crippen LogP) is 2.40. The van der Waals surface area contributed by atoms with Gasteiger partial charge < -0.3 is 5.32 Å². The van der Waals surface area contributed by atoms with Gasteiger partial charge in [0, 0.05) is 10.9 Å². The number of aryl methyl sites for hydroxylation is 1. The van der Waals surface area contributed by atoms with E-state index >= 15 is 0 Å². The van der Waals surface area contributed by atoms with Crippen LogP contribution in [0.2, 0.25) is 0 Å². The van der Waals surface area contributed by atoms with Crippen LogP contribution in [-0.2, 0) is 10.0 Å². The van der Waals surface area contributed by atoms with E-state index in [1.807, 2.05) is 0 Å². The molecule has 0 spiro atoms. The molecule has 1 aromatic rings. The van der Waals surface area contributed by atoms with Crippen LogP contribution in [0.25, 0.3) is 0 Å². The smallest absolute Gasteiger partial charge is 0.261 e. The maximum absolute atomic E-state index is 12.3. The van der Waals surface area contributed by atoms with E-state index in [0.717, 1.165) is 19.3 Å². The minimum atomic E-state index is -3.77. The second-order valence-electron chi connectivity index (χ2n) is 6.51. The highest BCUT2D eigenvalue weighted by molar-refractivity contribution is 7.89. The van der Waals surface area contributed by atoms with Crippen LogP contribution >= 0.6 is 11.3 Å². The Labute approximate surface area is 130 Å². The van der Waals surface area contributed by atoms with Crippen molar-refractivity contribution in [2.45, 2.75) is 57.4 Å². The summed E-state index contributed by atoms with van der Waals surface area (Å²) >= 11 is 1.17. The molecule has 118 valence electrons. The van der Waals surface area contributed by atoms with Gasteiger partial charge in [-0.25, -0.2) is 13.6 Å². The molecule has 1 saturated carbocycles. The molecule has 21 heavy (non-hydrogen) atoms. The molecule has 0 aliphatic heterocycles. The Morgan fingerprint density at radius 2 is 2.14 bits per heavy atom. The lowest BCUT2D eigenvalue weighted by atomic mass is 9.75. The van der Waals surface area contributed by atoms with Crippen LogP contribution in [0.3, 0.4) is 0 Å². The summed E-state index contributed by atoms with van der Waals surface area (Å²) < 4.78 is 22.8. The molecule has 5 nitrogen and oxygen atoms in total. The second-order valence-corrected chi connectivity index (χ2v) is 9.29. The van der Waals surface area contributed by atoms with E-state index in [1.54, 1.807) is 6.92 Å². The zero-order valence-corrected chi connectivity index (χ0v) is 14.2. The molecular weight excluding hydrogens is 308 g/mol. The predicted molar refractivity (Wildman–Crippen MR) is 83.9 cm³/mol. The molecular formula is C14H22N2O3S2. The highest BCUT2D eigenvalue weighted by atomic mass is 32.2. The minimum absolute atomic E-state index is 0.0432. The number of nitrogens with two attached hydrogens (primary N) is 1. The Morgan fingerprint density at radius 3 is 2.67 bits per heavy atom. The van der Waals surface area contributed by atoms with Crippen molar-refractivity contribution in [3.05, 3.63) is 15.8 Å². The van der Waals surface area contributed by atoms with E-state index in [-0.39, 0.29) is 22.3 Å². The summed E-state index contributed by atoms with van der Waals surface area (Å²) in [6.07, 6.45) is 4.20. The van der Waals surface area contributed by atoms with Gasteiger partial charge in [-0.1, -0.05) is 20.3 Å². The lowest BCUT2D eigenvalue weighted by Gasteiger charge is -2.35. The van der Waals surface area contributed by atoms with Crippen molar-refractivity contribution in [1.82, 2.24) is 5.32 Å². The SMILES string of the molecule is Cc1sc(C(=O)NC2CCCC(C)(C)C2)cc1S(N)(=O)=O. The Balaban J connectivity index is 2.11. The standard InChI is InChI=1S/C14H22N2O3S2/c1-9-12(21(15,18)19)7-11(20-9)13(17)16-10-5-4-6-14(2,3)8-10/h7,10H,4-6,8H2,1-3H3,(H,16,17)(H2,15,18,19). The van der Waals surface area contributed by atoms with Crippen LogP contribution in [0.5, 0.6) is 0 Å². The van der Waals surface area contributed by atoms with E-state index in [4.69, 9.17) is 5.14 Å². The number of hydrogen-bond donors (Lipinski definition) is 2. The molecule has 1 aliphatic rings. The van der Waals surface area contributed by atoms with Crippen molar-refractivity contribution in [2.75, 3.05) is 0 Å². The fourth-order valence-corrected chi connectivity index (χ4v) is 4.99. The summed E-state index contributed by atoms with van der Waals surface area (Å²) in [5.41, 5.74) is 0.243. The van der Waals surface area contributed by atoms with E-state index in [0.29, 0.717) is 9.75 Å². The van der Waals surface area contributed by atoms with Crippen LogP contribution in [0, 0.1) is 12.3 Å². The third kappa shape index (κ3) is 4.05. The van der Waals surface area contributed by atoms with Gasteiger partial charge in [0.2, 0.25) is 10.0 Å². The molecule has 2 rings (SSSR count). The first-order valence-corrected chi connectivity index (χ1v) is 9.39. The number of carbonyl (C=O) groups is 1. The van der Waals surface area contributed by atoms with Gasteiger partial charge >= 0.3 is 0 Å². The van der Waals surface area contributed by atoms with Gasteiger partial charge in [-0.15, -0.1) is 11.3 Å². The number of nitrogens with one attached hydrogen (secondary N) is 1. The molecule has 3 N–H and O–H groups in total. The number of hydrogen-bond acceptors (Lipinski definition) is 4. The van der Waals surface area contributed by atoms with Gasteiger partial charge in [0.15, 0.2) is 0 Å². The average Bonchev–Trinajstić information content (AvgIpc) is 2.69. The number of primary sulfonamides is 1. The fraction of sp³-hybridized carbons (Fsp3) is 0.643. The average molecular weight is 330 g/mol. The largest absolute Gasteiger partial charge is 0.349 e. The van der Waals surface area contributed by atoms with E-state index in [9.17, 15) is 13.2 Å². The summed E-state index contributed by atoms with van der Waals surface area (Å²) in [5.74, 6) is -0.208. The topological polar surface area (TPSA) is 89.3 Å². The zero-order chi connectivity index (χ0) is 15.8. The molecule has 1 fully saturated rings. The van der Waals surface area contributed by atoms with E-state index < -0.39 is 10.0 Å². The molecule has 1 aliphatic carbocycles. The summed E-state index contributed by atoms with van der Waals surface area (Å²) in [5, 5.41) is 8.16. The molecule has 1 aromatic heterocycles. The summed E-state index contributed by atoms with van der Waals surface area (Å²) in [6, 6.07) is 1.53. The van der Waals surface area contributed by atoms with Crippen molar-refractivity contribution >= 4 is 27.3 Å². The molecule has 0 saturated heterocycles. The maximum Gasteiger partial charge on any atom is 0.261 e. The number of sulfonamides is 1. The van der Waals surface area contributed by atoms with Gasteiger partial charge in [0.25, 0.3) is 5.91 Å². The van der Waals surface area contributed by atoms with Gasteiger partial charge in [-0.3, -0.25) is 4.79 Å². The van der Waals surface area contributed by atoms with Crippen molar-refractivity contribution in [3.63, 3.8) is 0 Å². The molecule has 7 heteroatoms. The molecule has 1 amide bonds. The number of rotatable bonds is 3. The summed E-state index contributed by atoms with van der Waals surface area (Å²) in [7, 11) is -3.77. The molecule has 1 unspecified atom stereocenters. The molecule has 0 aromatic carbocycles. The van der Waals surface area contributed by atoms with Crippen LogP contribution in [0.1, 0.15) is 54.1 Å². The third-order valence-electron chi connectivity index (χ3n) is 3.94. The summed E-state index contributed by atoms with van der Waals surface area (Å²) in [4.78, 5) is 13.3. The number of thiophene rings is 1. The fourth-order valence-electron chi connectivity index (χ4n) is 2.94. The number of carbonyl (C=O) groups excluding carboxylic acids is 1. The Bertz CT molecular complexity index is 647. The highest BCUT2D eigenvalue weighted by Gasteiger charge is 2.29. The minimum Gasteiger partial charge on any atom is -0.349 e. The van der Waals surface area contributed by atoms with Crippen molar-refractivity contribution in [1.29, 1.82) is 0 Å². The Hall–Kier alpha value is -0.920. The van der Waals surface area contributed by atoms with Crippen LogP contribution in [0.15, 0.2) is 11.0 Å². The third-order valence-corrected chi connectivity index (χ3v) is 6.16. The van der Waals surface area contributed by atoms with Crippen molar-refractivity contribution in [3.8, 4) is 0 Å². The first-order chi connectivity index (χ1) is 9.58. The normalized spacial score (nSPS) is 22.0. The molecule has 0 radical (unpaired) electrons. The molecule has 1 atom stereocenters.